The van der Waals surface area contributed by atoms with Gasteiger partial charge < -0.3 is 23.8 Å². The van der Waals surface area contributed by atoms with Crippen molar-refractivity contribution in [3.63, 3.8) is 0 Å². The van der Waals surface area contributed by atoms with Crippen molar-refractivity contribution in [1.82, 2.24) is 9.55 Å². The van der Waals surface area contributed by atoms with Gasteiger partial charge >= 0.3 is 5.69 Å². The Labute approximate surface area is 217 Å². The Morgan fingerprint density at radius 1 is 1.08 bits per heavy atom. The highest BCUT2D eigenvalue weighted by Crippen LogP contribution is 2.47. The van der Waals surface area contributed by atoms with E-state index < -0.39 is 51.9 Å². The third-order valence-electron chi connectivity index (χ3n) is 8.34. The molecular formula is C25H48N2O7Si2. The van der Waals surface area contributed by atoms with Crippen molar-refractivity contribution < 1.29 is 23.8 Å². The molecule has 0 amide bonds. The SMILES string of the molecule is Cc1cn([C@@H]2O[C@H](CO[Si](C)(C)C(C)(C)C)[C@@H](O[Si](C)(C)C(C)(C)C)[C@]2(O)CCCO)c(=O)[nH]c1=O. The molecule has 1 aromatic rings. The first-order valence-corrected chi connectivity index (χ1v) is 18.6. The molecule has 0 bridgehead atoms. The standard InChI is InChI=1S/C25H48N2O7Si2/c1-17-15-27(22(30)26-20(17)29)21-25(31,13-12-14-28)19(34-36(10,11)24(5,6)7)18(33-21)16-32-35(8,9)23(2,3)4/h15,18-19,21,28,31H,12-14,16H2,1-11H3,(H,26,29,30)/t18-,19-,21-,25-/m1/s1. The molecule has 0 aromatic carbocycles. The zero-order chi connectivity index (χ0) is 27.9. The largest absolute Gasteiger partial charge is 0.414 e. The topological polar surface area (TPSA) is 123 Å². The Morgan fingerprint density at radius 2 is 1.64 bits per heavy atom. The van der Waals surface area contributed by atoms with E-state index in [1.165, 1.54) is 10.8 Å². The second-order valence-electron chi connectivity index (χ2n) is 13.2. The molecule has 1 aromatic heterocycles. The summed E-state index contributed by atoms with van der Waals surface area (Å²) in [6.45, 7) is 23.0. The van der Waals surface area contributed by atoms with Crippen LogP contribution in [-0.4, -0.2) is 67.4 Å². The van der Waals surface area contributed by atoms with E-state index in [0.717, 1.165) is 0 Å². The third-order valence-corrected chi connectivity index (χ3v) is 17.3. The van der Waals surface area contributed by atoms with Crippen LogP contribution in [0.3, 0.4) is 0 Å². The molecular weight excluding hydrogens is 496 g/mol. The number of aromatic nitrogens is 2. The number of aliphatic hydroxyl groups excluding tert-OH is 1. The summed E-state index contributed by atoms with van der Waals surface area (Å²) in [5, 5.41) is 21.7. The normalized spacial score (nSPS) is 26.0. The highest BCUT2D eigenvalue weighted by atomic mass is 28.4. The Balaban J connectivity index is 2.63. The van der Waals surface area contributed by atoms with Crippen LogP contribution in [0.2, 0.25) is 36.3 Å². The van der Waals surface area contributed by atoms with Crippen LogP contribution in [0.1, 0.15) is 66.2 Å². The molecule has 36 heavy (non-hydrogen) atoms. The molecule has 0 spiro atoms. The van der Waals surface area contributed by atoms with E-state index in [2.05, 4.69) is 72.7 Å². The summed E-state index contributed by atoms with van der Waals surface area (Å²) in [4.78, 5) is 27.2. The maximum absolute atomic E-state index is 12.9. The number of rotatable bonds is 9. The number of H-pyrrole nitrogens is 1. The Morgan fingerprint density at radius 3 is 2.14 bits per heavy atom. The van der Waals surface area contributed by atoms with Crippen molar-refractivity contribution in [2.24, 2.45) is 0 Å². The number of nitrogens with zero attached hydrogens (tertiary/aromatic N) is 1. The molecule has 4 atom stereocenters. The van der Waals surface area contributed by atoms with Crippen LogP contribution < -0.4 is 11.2 Å². The van der Waals surface area contributed by atoms with Gasteiger partial charge in [0.25, 0.3) is 5.56 Å². The Bertz CT molecular complexity index is 1020. The van der Waals surface area contributed by atoms with Crippen molar-refractivity contribution in [3.8, 4) is 0 Å². The van der Waals surface area contributed by atoms with Crippen LogP contribution in [-0.2, 0) is 13.6 Å². The highest BCUT2D eigenvalue weighted by Gasteiger charge is 2.60. The summed E-state index contributed by atoms with van der Waals surface area (Å²) in [5.41, 5.74) is -2.46. The Kier molecular flexibility index (Phi) is 9.15. The molecule has 9 nitrogen and oxygen atoms in total. The van der Waals surface area contributed by atoms with E-state index in [0.29, 0.717) is 12.0 Å². The zero-order valence-electron chi connectivity index (χ0n) is 24.0. The molecule has 1 fully saturated rings. The van der Waals surface area contributed by atoms with Gasteiger partial charge in [-0.1, -0.05) is 41.5 Å². The van der Waals surface area contributed by atoms with Gasteiger partial charge in [0.05, 0.1) is 6.61 Å². The van der Waals surface area contributed by atoms with Gasteiger partial charge in [0.2, 0.25) is 0 Å². The second kappa shape index (κ2) is 10.6. The van der Waals surface area contributed by atoms with Gasteiger partial charge in [0, 0.05) is 18.4 Å². The maximum atomic E-state index is 12.9. The van der Waals surface area contributed by atoms with Crippen LogP contribution in [0.25, 0.3) is 0 Å². The minimum Gasteiger partial charge on any atom is -0.414 e. The van der Waals surface area contributed by atoms with Gasteiger partial charge in [-0.05, 0) is 56.0 Å². The first kappa shape index (κ1) is 31.1. The number of aliphatic hydroxyl groups is 2. The number of ether oxygens (including phenoxy) is 1. The summed E-state index contributed by atoms with van der Waals surface area (Å²) in [7, 11) is -4.57. The molecule has 11 heteroatoms. The van der Waals surface area contributed by atoms with E-state index in [1.807, 2.05) is 0 Å². The molecule has 0 radical (unpaired) electrons. The average molecular weight is 545 g/mol. The number of nitrogens with one attached hydrogen (secondary N) is 1. The summed E-state index contributed by atoms with van der Waals surface area (Å²) >= 11 is 0. The number of aromatic amines is 1. The van der Waals surface area contributed by atoms with E-state index in [1.54, 1.807) is 6.92 Å². The molecule has 0 unspecified atom stereocenters. The first-order valence-electron chi connectivity index (χ1n) is 12.8. The quantitative estimate of drug-likeness (QED) is 0.406. The van der Waals surface area contributed by atoms with Crippen molar-refractivity contribution >= 4 is 16.6 Å². The molecule has 1 saturated heterocycles. The van der Waals surface area contributed by atoms with Crippen LogP contribution in [0.4, 0.5) is 0 Å². The fourth-order valence-corrected chi connectivity index (χ4v) is 6.18. The van der Waals surface area contributed by atoms with Crippen LogP contribution in [0.5, 0.6) is 0 Å². The van der Waals surface area contributed by atoms with Gasteiger partial charge in [-0.15, -0.1) is 0 Å². The molecule has 1 aliphatic rings. The number of hydrogen-bond donors (Lipinski definition) is 3. The summed E-state index contributed by atoms with van der Waals surface area (Å²) in [5.74, 6) is 0. The van der Waals surface area contributed by atoms with E-state index in [-0.39, 0.29) is 29.7 Å². The molecule has 2 heterocycles. The molecule has 0 saturated carbocycles. The average Bonchev–Trinajstić information content (AvgIpc) is 2.97. The fraction of sp³-hybridized carbons (Fsp3) is 0.840. The zero-order valence-corrected chi connectivity index (χ0v) is 26.0. The molecule has 2 rings (SSSR count). The third kappa shape index (κ3) is 6.31. The number of aryl methyl sites for hydroxylation is 1. The van der Waals surface area contributed by atoms with Gasteiger partial charge in [-0.2, -0.15) is 0 Å². The number of hydrogen-bond acceptors (Lipinski definition) is 7. The lowest BCUT2D eigenvalue weighted by Gasteiger charge is -2.44. The first-order chi connectivity index (χ1) is 16.2. The molecule has 3 N–H and O–H groups in total. The Hall–Kier alpha value is -1.09. The summed E-state index contributed by atoms with van der Waals surface area (Å²) in [6.07, 6.45) is -0.708. The lowest BCUT2D eigenvalue weighted by atomic mass is 9.89. The maximum Gasteiger partial charge on any atom is 0.330 e. The molecule has 0 aliphatic carbocycles. The van der Waals surface area contributed by atoms with E-state index in [4.69, 9.17) is 13.6 Å². The van der Waals surface area contributed by atoms with Crippen molar-refractivity contribution in [2.45, 2.75) is 122 Å². The van der Waals surface area contributed by atoms with E-state index in [9.17, 15) is 19.8 Å². The summed E-state index contributed by atoms with van der Waals surface area (Å²) < 4.78 is 21.0. The van der Waals surface area contributed by atoms with Gasteiger partial charge in [0.15, 0.2) is 22.9 Å². The minimum atomic E-state index is -2.41. The van der Waals surface area contributed by atoms with Crippen molar-refractivity contribution in [3.05, 3.63) is 32.6 Å². The lowest BCUT2D eigenvalue weighted by molar-refractivity contribution is -0.115. The smallest absolute Gasteiger partial charge is 0.330 e. The lowest BCUT2D eigenvalue weighted by Crippen LogP contribution is -2.56. The van der Waals surface area contributed by atoms with Crippen LogP contribution in [0.15, 0.2) is 15.8 Å². The van der Waals surface area contributed by atoms with Gasteiger partial charge in [-0.25, -0.2) is 4.79 Å². The van der Waals surface area contributed by atoms with E-state index >= 15 is 0 Å². The van der Waals surface area contributed by atoms with Crippen LogP contribution >= 0.6 is 0 Å². The van der Waals surface area contributed by atoms with Crippen LogP contribution in [0, 0.1) is 6.92 Å². The predicted molar refractivity (Wildman–Crippen MR) is 146 cm³/mol. The molecule has 1 aliphatic heterocycles. The van der Waals surface area contributed by atoms with Crippen molar-refractivity contribution in [1.29, 1.82) is 0 Å². The summed E-state index contributed by atoms with van der Waals surface area (Å²) in [6, 6.07) is 0. The minimum absolute atomic E-state index is 0.0268. The van der Waals surface area contributed by atoms with Crippen molar-refractivity contribution in [2.75, 3.05) is 13.2 Å². The predicted octanol–water partition coefficient (Wildman–Crippen LogP) is 3.66. The van der Waals surface area contributed by atoms with Gasteiger partial charge in [0.1, 0.15) is 17.8 Å². The highest BCUT2D eigenvalue weighted by molar-refractivity contribution is 6.74. The second-order valence-corrected chi connectivity index (χ2v) is 22.8. The fourth-order valence-electron chi connectivity index (χ4n) is 3.82. The van der Waals surface area contributed by atoms with Gasteiger partial charge in [-0.3, -0.25) is 14.3 Å². The monoisotopic (exact) mass is 544 g/mol. The molecule has 208 valence electrons.